The molecule has 0 amide bonds. The highest BCUT2D eigenvalue weighted by molar-refractivity contribution is 7.98. The molecule has 0 radical (unpaired) electrons. The number of benzene rings is 1. The van der Waals surface area contributed by atoms with Gasteiger partial charge in [-0.2, -0.15) is 9.61 Å². The molecular formula is C18H16N6OS2. The third kappa shape index (κ3) is 3.28. The van der Waals surface area contributed by atoms with E-state index in [1.807, 2.05) is 31.2 Å². The van der Waals surface area contributed by atoms with E-state index in [-0.39, 0.29) is 5.56 Å². The monoisotopic (exact) mass is 396 g/mol. The van der Waals surface area contributed by atoms with Crippen LogP contribution in [0.1, 0.15) is 35.0 Å². The summed E-state index contributed by atoms with van der Waals surface area (Å²) in [6, 6.07) is 9.59. The summed E-state index contributed by atoms with van der Waals surface area (Å²) >= 11 is 2.97. The van der Waals surface area contributed by atoms with Gasteiger partial charge in [-0.05, 0) is 25.3 Å². The number of thioether (sulfide) groups is 1. The van der Waals surface area contributed by atoms with Gasteiger partial charge in [-0.15, -0.1) is 5.10 Å². The maximum atomic E-state index is 12.3. The van der Waals surface area contributed by atoms with Crippen LogP contribution in [0.3, 0.4) is 0 Å². The van der Waals surface area contributed by atoms with Crippen LogP contribution in [0.25, 0.3) is 16.3 Å². The number of H-pyrrole nitrogens is 1. The van der Waals surface area contributed by atoms with E-state index in [1.165, 1.54) is 27.6 Å². The van der Waals surface area contributed by atoms with Crippen LogP contribution in [0.5, 0.6) is 0 Å². The highest BCUT2D eigenvalue weighted by Gasteiger charge is 2.28. The van der Waals surface area contributed by atoms with E-state index in [0.29, 0.717) is 21.8 Å². The van der Waals surface area contributed by atoms with E-state index < -0.39 is 0 Å². The molecule has 0 aliphatic heterocycles. The zero-order valence-corrected chi connectivity index (χ0v) is 16.2. The lowest BCUT2D eigenvalue weighted by Gasteiger charge is -2.00. The number of aromatic amines is 1. The molecule has 1 N–H and O–H groups in total. The number of nitrogens with one attached hydrogen (secondary N) is 1. The van der Waals surface area contributed by atoms with Gasteiger partial charge >= 0.3 is 0 Å². The Hall–Kier alpha value is -2.52. The first-order valence-electron chi connectivity index (χ1n) is 8.68. The van der Waals surface area contributed by atoms with Crippen LogP contribution in [0.4, 0.5) is 0 Å². The SMILES string of the molecule is Cc1ccccc1-c1nc(SCc2cc(=O)n3nc(C4CC4)sc3n2)n[nH]1. The maximum absolute atomic E-state index is 12.3. The maximum Gasteiger partial charge on any atom is 0.275 e. The molecule has 5 rings (SSSR count). The van der Waals surface area contributed by atoms with Crippen LogP contribution < -0.4 is 5.56 Å². The first-order valence-corrected chi connectivity index (χ1v) is 10.5. The van der Waals surface area contributed by atoms with Crippen molar-refractivity contribution in [2.75, 3.05) is 0 Å². The molecule has 0 atom stereocenters. The van der Waals surface area contributed by atoms with E-state index in [2.05, 4.69) is 25.3 Å². The largest absolute Gasteiger partial charge is 0.275 e. The van der Waals surface area contributed by atoms with Crippen LogP contribution in [0.2, 0.25) is 0 Å². The highest BCUT2D eigenvalue weighted by atomic mass is 32.2. The van der Waals surface area contributed by atoms with Crippen molar-refractivity contribution < 1.29 is 0 Å². The molecule has 0 spiro atoms. The van der Waals surface area contributed by atoms with E-state index in [4.69, 9.17) is 0 Å². The molecule has 0 bridgehead atoms. The van der Waals surface area contributed by atoms with Gasteiger partial charge in [0, 0.05) is 23.3 Å². The Kier molecular flexibility index (Phi) is 4.05. The molecule has 9 heteroatoms. The topological polar surface area (TPSA) is 88.8 Å². The quantitative estimate of drug-likeness (QED) is 0.520. The van der Waals surface area contributed by atoms with Crippen LogP contribution in [0.15, 0.2) is 40.3 Å². The predicted octanol–water partition coefficient (Wildman–Crippen LogP) is 3.41. The van der Waals surface area contributed by atoms with Crippen molar-refractivity contribution in [3.8, 4) is 11.4 Å². The Morgan fingerprint density at radius 2 is 2.15 bits per heavy atom. The zero-order chi connectivity index (χ0) is 18.4. The fraction of sp³-hybridized carbons (Fsp3) is 0.278. The lowest BCUT2D eigenvalue weighted by Crippen LogP contribution is -2.15. The van der Waals surface area contributed by atoms with Crippen LogP contribution in [-0.4, -0.2) is 29.8 Å². The molecule has 0 unspecified atom stereocenters. The van der Waals surface area contributed by atoms with Crippen molar-refractivity contribution in [2.24, 2.45) is 0 Å². The summed E-state index contributed by atoms with van der Waals surface area (Å²) in [5, 5.41) is 13.3. The van der Waals surface area contributed by atoms with Crippen molar-refractivity contribution in [3.63, 3.8) is 0 Å². The molecule has 1 aliphatic carbocycles. The van der Waals surface area contributed by atoms with E-state index in [9.17, 15) is 4.79 Å². The van der Waals surface area contributed by atoms with Gasteiger partial charge in [-0.3, -0.25) is 9.89 Å². The molecule has 7 nitrogen and oxygen atoms in total. The first-order chi connectivity index (χ1) is 13.2. The van der Waals surface area contributed by atoms with Crippen molar-refractivity contribution in [2.45, 2.75) is 36.6 Å². The number of hydrogen-bond donors (Lipinski definition) is 1. The molecule has 1 saturated carbocycles. The summed E-state index contributed by atoms with van der Waals surface area (Å²) in [5.74, 6) is 1.80. The highest BCUT2D eigenvalue weighted by Crippen LogP contribution is 2.41. The summed E-state index contributed by atoms with van der Waals surface area (Å²) in [6.07, 6.45) is 2.32. The van der Waals surface area contributed by atoms with Crippen molar-refractivity contribution >= 4 is 28.1 Å². The van der Waals surface area contributed by atoms with Crippen LogP contribution >= 0.6 is 23.1 Å². The Bertz CT molecular complexity index is 1190. The molecular weight excluding hydrogens is 380 g/mol. The number of rotatable bonds is 5. The Balaban J connectivity index is 1.36. The van der Waals surface area contributed by atoms with Crippen molar-refractivity contribution in [1.82, 2.24) is 29.8 Å². The molecule has 1 aromatic carbocycles. The van der Waals surface area contributed by atoms with Gasteiger partial charge in [0.25, 0.3) is 5.56 Å². The molecule has 136 valence electrons. The first kappa shape index (κ1) is 16.6. The fourth-order valence-electron chi connectivity index (χ4n) is 2.85. The number of aromatic nitrogens is 6. The number of fused-ring (bicyclic) bond motifs is 1. The predicted molar refractivity (Wildman–Crippen MR) is 105 cm³/mol. The van der Waals surface area contributed by atoms with Crippen LogP contribution in [0, 0.1) is 6.92 Å². The Morgan fingerprint density at radius 1 is 1.30 bits per heavy atom. The second-order valence-corrected chi connectivity index (χ2v) is 8.49. The minimum atomic E-state index is -0.130. The van der Waals surface area contributed by atoms with Crippen molar-refractivity contribution in [1.29, 1.82) is 0 Å². The van der Waals surface area contributed by atoms with Gasteiger partial charge in [0.15, 0.2) is 5.82 Å². The second-order valence-electron chi connectivity index (χ2n) is 6.56. The van der Waals surface area contributed by atoms with Gasteiger partial charge in [0.2, 0.25) is 10.1 Å². The van der Waals surface area contributed by atoms with Gasteiger partial charge in [0.05, 0.1) is 5.69 Å². The molecule has 27 heavy (non-hydrogen) atoms. The van der Waals surface area contributed by atoms with E-state index in [0.717, 1.165) is 40.5 Å². The number of aryl methyl sites for hydroxylation is 1. The van der Waals surface area contributed by atoms with Crippen molar-refractivity contribution in [3.05, 3.63) is 57.0 Å². The lowest BCUT2D eigenvalue weighted by atomic mass is 10.1. The Labute approximate surface area is 162 Å². The molecule has 3 aromatic heterocycles. The summed E-state index contributed by atoms with van der Waals surface area (Å²) in [6.45, 7) is 2.04. The summed E-state index contributed by atoms with van der Waals surface area (Å²) in [4.78, 5) is 22.1. The number of nitrogens with zero attached hydrogens (tertiary/aromatic N) is 5. The zero-order valence-electron chi connectivity index (χ0n) is 14.5. The van der Waals surface area contributed by atoms with E-state index in [1.54, 1.807) is 6.07 Å². The third-order valence-electron chi connectivity index (χ3n) is 4.45. The fourth-order valence-corrected chi connectivity index (χ4v) is 4.63. The third-order valence-corrected chi connectivity index (χ3v) is 6.41. The molecule has 1 fully saturated rings. The molecule has 4 aromatic rings. The van der Waals surface area contributed by atoms with Gasteiger partial charge in [-0.1, -0.05) is 47.4 Å². The summed E-state index contributed by atoms with van der Waals surface area (Å²) in [7, 11) is 0. The Morgan fingerprint density at radius 3 is 2.96 bits per heavy atom. The molecule has 0 saturated heterocycles. The summed E-state index contributed by atoms with van der Waals surface area (Å²) in [5.41, 5.74) is 2.77. The normalized spacial score (nSPS) is 14.1. The molecule has 1 aliphatic rings. The minimum absolute atomic E-state index is 0.130. The standard InChI is InChI=1S/C18H16N6OS2/c1-10-4-2-3-5-13(10)15-20-17(22-21-15)26-9-12-8-14(25)24-18(19-12)27-16(23-24)11-6-7-11/h2-5,8,11H,6-7,9H2,1H3,(H,20,21,22). The van der Waals surface area contributed by atoms with Crippen LogP contribution in [-0.2, 0) is 5.75 Å². The summed E-state index contributed by atoms with van der Waals surface area (Å²) < 4.78 is 1.41. The average molecular weight is 397 g/mol. The lowest BCUT2D eigenvalue weighted by molar-refractivity contribution is 0.848. The minimum Gasteiger partial charge on any atom is -0.267 e. The van der Waals surface area contributed by atoms with E-state index >= 15 is 0 Å². The van der Waals surface area contributed by atoms with Gasteiger partial charge in [0.1, 0.15) is 5.01 Å². The second kappa shape index (κ2) is 6.58. The van der Waals surface area contributed by atoms with Gasteiger partial charge in [-0.25, -0.2) is 9.97 Å². The smallest absolute Gasteiger partial charge is 0.267 e. The molecule has 3 heterocycles. The average Bonchev–Trinajstić information content (AvgIpc) is 3.24. The van der Waals surface area contributed by atoms with Gasteiger partial charge < -0.3 is 0 Å². The number of hydrogen-bond acceptors (Lipinski definition) is 7.